The number of rotatable bonds is 2. The summed E-state index contributed by atoms with van der Waals surface area (Å²) in [5, 5.41) is 3.65. The number of halogens is 1. The lowest BCUT2D eigenvalue weighted by molar-refractivity contribution is 0.592. The van der Waals surface area contributed by atoms with Crippen LogP contribution in [0.5, 0.6) is 0 Å². The third-order valence-corrected chi connectivity index (χ3v) is 1.41. The number of hydrogen-bond acceptors (Lipinski definition) is 1. The third kappa shape index (κ3) is 1.40. The largest absolute Gasteiger partial charge is 0.254 e. The molecule has 0 spiro atoms. The van der Waals surface area contributed by atoms with Crippen molar-refractivity contribution in [2.75, 3.05) is 0 Å². The average molecular weight is 151 g/mol. The summed E-state index contributed by atoms with van der Waals surface area (Å²) in [6.07, 6.45) is 7.86. The molecule has 1 aromatic heterocycles. The van der Waals surface area contributed by atoms with Crippen molar-refractivity contribution in [3.05, 3.63) is 17.7 Å². The lowest BCUT2D eigenvalue weighted by atomic mass is 10.3. The van der Waals surface area contributed by atoms with Crippen molar-refractivity contribution in [2.24, 2.45) is 0 Å². The second-order valence-electron chi connectivity index (χ2n) is 2.09. The van der Waals surface area contributed by atoms with Gasteiger partial charge in [0.15, 0.2) is 12.0 Å². The molecule has 0 aliphatic carbocycles. The molecule has 0 fully saturated rings. The van der Waals surface area contributed by atoms with Gasteiger partial charge in [0.2, 0.25) is 0 Å². The first-order valence-electron chi connectivity index (χ1n) is 3.36. The fraction of sp³-hybridized carbons (Fsp3) is 0.375. The maximum Gasteiger partial charge on any atom is 0.174 e. The Morgan fingerprint density at radius 2 is 2.55 bits per heavy atom. The molecule has 0 saturated heterocycles. The van der Waals surface area contributed by atoms with E-state index in [0.717, 1.165) is 0 Å². The van der Waals surface area contributed by atoms with Crippen LogP contribution >= 0.6 is 0 Å². The van der Waals surface area contributed by atoms with Crippen molar-refractivity contribution in [3.63, 3.8) is 0 Å². The summed E-state index contributed by atoms with van der Waals surface area (Å²) in [5.74, 6) is 1.99. The Kier molecular flexibility index (Phi) is 2.27. The fourth-order valence-electron chi connectivity index (χ4n) is 0.897. The van der Waals surface area contributed by atoms with Crippen molar-refractivity contribution in [3.8, 4) is 12.3 Å². The number of aromatic nitrogens is 2. The van der Waals surface area contributed by atoms with Crippen LogP contribution < -0.4 is 0 Å². The van der Waals surface area contributed by atoms with Gasteiger partial charge in [0.05, 0.1) is 5.69 Å². The second kappa shape index (κ2) is 3.20. The first-order chi connectivity index (χ1) is 5.29. The van der Waals surface area contributed by atoms with Crippen molar-refractivity contribution < 1.29 is 4.39 Å². The molecule has 0 amide bonds. The maximum absolute atomic E-state index is 12.7. The van der Waals surface area contributed by atoms with E-state index in [2.05, 4.69) is 17.2 Å². The molecule has 1 radical (unpaired) electrons. The Morgan fingerprint density at radius 1 is 1.82 bits per heavy atom. The van der Waals surface area contributed by atoms with E-state index in [-0.39, 0.29) is 0 Å². The minimum absolute atomic E-state index is 0.309. The van der Waals surface area contributed by atoms with Gasteiger partial charge in [-0.05, 0) is 6.42 Å². The molecule has 3 heteroatoms. The van der Waals surface area contributed by atoms with Crippen LogP contribution in [0.3, 0.4) is 0 Å². The molecule has 1 aromatic rings. The van der Waals surface area contributed by atoms with Crippen molar-refractivity contribution in [1.82, 2.24) is 9.78 Å². The van der Waals surface area contributed by atoms with Gasteiger partial charge in [-0.3, -0.25) is 4.68 Å². The summed E-state index contributed by atoms with van der Waals surface area (Å²) < 4.78 is 14.2. The molecular formula is C8H8FN2. The van der Waals surface area contributed by atoms with Gasteiger partial charge in [0, 0.05) is 0 Å². The maximum atomic E-state index is 12.7. The van der Waals surface area contributed by atoms with Crippen LogP contribution in [0.15, 0.2) is 0 Å². The van der Waals surface area contributed by atoms with Crippen molar-refractivity contribution in [2.45, 2.75) is 19.9 Å². The van der Waals surface area contributed by atoms with E-state index >= 15 is 0 Å². The highest BCUT2D eigenvalue weighted by Crippen LogP contribution is 2.05. The Balaban J connectivity index is 2.97. The fourth-order valence-corrected chi connectivity index (χ4v) is 0.897. The molecule has 1 rings (SSSR count). The minimum atomic E-state index is -0.400. The molecule has 0 aliphatic rings. The number of hydrogen-bond donors (Lipinski definition) is 0. The van der Waals surface area contributed by atoms with Crippen molar-refractivity contribution >= 4 is 0 Å². The van der Waals surface area contributed by atoms with E-state index in [1.165, 1.54) is 4.68 Å². The van der Waals surface area contributed by atoms with E-state index in [0.29, 0.717) is 18.7 Å². The predicted octanol–water partition coefficient (Wildman–Crippen LogP) is 1.02. The normalized spacial score (nSPS) is 9.55. The zero-order valence-corrected chi connectivity index (χ0v) is 6.26. The summed E-state index contributed by atoms with van der Waals surface area (Å²) >= 11 is 0. The molecular weight excluding hydrogens is 143 g/mol. The molecule has 0 bridgehead atoms. The Morgan fingerprint density at radius 3 is 3.09 bits per heavy atom. The second-order valence-corrected chi connectivity index (χ2v) is 2.09. The zero-order chi connectivity index (χ0) is 8.27. The smallest absolute Gasteiger partial charge is 0.174 e. The molecule has 0 atom stereocenters. The van der Waals surface area contributed by atoms with Gasteiger partial charge < -0.3 is 0 Å². The standard InChI is InChI=1S/C8H8FN2/c1-3-5-11-8(4-2)7(9)6-10-11/h1H,4-5H2,2H3. The van der Waals surface area contributed by atoms with Gasteiger partial charge in [0.1, 0.15) is 6.54 Å². The van der Waals surface area contributed by atoms with Crippen LogP contribution in [0.25, 0.3) is 0 Å². The highest BCUT2D eigenvalue weighted by molar-refractivity contribution is 5.04. The molecule has 0 saturated carbocycles. The van der Waals surface area contributed by atoms with E-state index in [4.69, 9.17) is 6.42 Å². The first-order valence-corrected chi connectivity index (χ1v) is 3.36. The summed E-state index contributed by atoms with van der Waals surface area (Å²) in [5.41, 5.74) is 0.517. The van der Waals surface area contributed by atoms with Crippen LogP contribution in [0.2, 0.25) is 0 Å². The lowest BCUT2D eigenvalue weighted by Crippen LogP contribution is -2.03. The Labute approximate surface area is 65.0 Å². The number of terminal acetylenes is 1. The molecule has 0 aromatic carbocycles. The van der Waals surface area contributed by atoms with Gasteiger partial charge in [-0.15, -0.1) is 6.42 Å². The van der Waals surface area contributed by atoms with Gasteiger partial charge in [-0.25, -0.2) is 4.39 Å². The highest BCUT2D eigenvalue weighted by Gasteiger charge is 2.06. The number of nitrogens with zero attached hydrogens (tertiary/aromatic N) is 2. The molecule has 2 nitrogen and oxygen atoms in total. The van der Waals surface area contributed by atoms with Crippen LogP contribution in [-0.2, 0) is 13.0 Å². The summed E-state index contributed by atoms with van der Waals surface area (Å²) in [4.78, 5) is 0. The predicted molar refractivity (Wildman–Crippen MR) is 39.2 cm³/mol. The quantitative estimate of drug-likeness (QED) is 0.577. The monoisotopic (exact) mass is 151 g/mol. The molecule has 0 N–H and O–H groups in total. The van der Waals surface area contributed by atoms with Crippen LogP contribution in [0.4, 0.5) is 4.39 Å². The highest BCUT2D eigenvalue weighted by atomic mass is 19.1. The van der Waals surface area contributed by atoms with Crippen LogP contribution in [0.1, 0.15) is 12.6 Å². The SMILES string of the molecule is C#CCn1n[c]c(F)c1CC. The molecule has 0 aliphatic heterocycles. The minimum Gasteiger partial charge on any atom is -0.254 e. The van der Waals surface area contributed by atoms with Gasteiger partial charge in [-0.1, -0.05) is 12.8 Å². The molecule has 1 heterocycles. The van der Waals surface area contributed by atoms with E-state index in [1.807, 2.05) is 6.92 Å². The van der Waals surface area contributed by atoms with E-state index in [1.54, 1.807) is 0 Å². The third-order valence-electron chi connectivity index (χ3n) is 1.41. The van der Waals surface area contributed by atoms with Crippen LogP contribution in [-0.4, -0.2) is 9.78 Å². The van der Waals surface area contributed by atoms with Gasteiger partial charge in [-0.2, -0.15) is 5.10 Å². The molecule has 11 heavy (non-hydrogen) atoms. The summed E-state index contributed by atoms with van der Waals surface area (Å²) in [7, 11) is 0. The summed E-state index contributed by atoms with van der Waals surface area (Å²) in [6, 6.07) is 0. The zero-order valence-electron chi connectivity index (χ0n) is 6.26. The average Bonchev–Trinajstić information content (AvgIpc) is 2.33. The Bertz CT molecular complexity index is 283. The topological polar surface area (TPSA) is 17.8 Å². The van der Waals surface area contributed by atoms with Crippen LogP contribution in [0, 0.1) is 24.4 Å². The lowest BCUT2D eigenvalue weighted by Gasteiger charge is -1.98. The Hall–Kier alpha value is -1.30. The van der Waals surface area contributed by atoms with E-state index in [9.17, 15) is 4.39 Å². The first kappa shape index (κ1) is 7.80. The van der Waals surface area contributed by atoms with Gasteiger partial charge >= 0.3 is 0 Å². The van der Waals surface area contributed by atoms with E-state index < -0.39 is 5.82 Å². The summed E-state index contributed by atoms with van der Waals surface area (Å²) in [6.45, 7) is 2.16. The molecule has 0 unspecified atom stereocenters. The van der Waals surface area contributed by atoms with Crippen molar-refractivity contribution in [1.29, 1.82) is 0 Å². The van der Waals surface area contributed by atoms with Gasteiger partial charge in [0.25, 0.3) is 0 Å². The molecule has 57 valence electrons.